The molecule has 1 fully saturated rings. The van der Waals surface area contributed by atoms with Crippen LogP contribution in [0.1, 0.15) is 18.0 Å². The molecule has 0 bridgehead atoms. The van der Waals surface area contributed by atoms with Gasteiger partial charge in [0.2, 0.25) is 0 Å². The molecule has 0 unspecified atom stereocenters. The van der Waals surface area contributed by atoms with Gasteiger partial charge in [-0.2, -0.15) is 0 Å². The lowest BCUT2D eigenvalue weighted by Crippen LogP contribution is -2.41. The van der Waals surface area contributed by atoms with E-state index in [4.69, 9.17) is 4.74 Å². The van der Waals surface area contributed by atoms with E-state index >= 15 is 0 Å². The van der Waals surface area contributed by atoms with Crippen LogP contribution in [0, 0.1) is 0 Å². The summed E-state index contributed by atoms with van der Waals surface area (Å²) in [5.41, 5.74) is 0.963. The van der Waals surface area contributed by atoms with E-state index in [9.17, 15) is 13.2 Å². The Morgan fingerprint density at radius 1 is 1.38 bits per heavy atom. The summed E-state index contributed by atoms with van der Waals surface area (Å²) < 4.78 is 28.6. The number of likely N-dealkylation sites (tertiary alicyclic amines) is 1. The molecule has 1 N–H and O–H groups in total. The normalized spacial score (nSPS) is 24.5. The Bertz CT molecular complexity index is 659. The zero-order valence-electron chi connectivity index (χ0n) is 11.8. The monoisotopic (exact) mass is 310 g/mol. The van der Waals surface area contributed by atoms with Crippen LogP contribution in [0.5, 0.6) is 5.75 Å². The molecular formula is C14H18N2O4S. The van der Waals surface area contributed by atoms with Gasteiger partial charge in [-0.15, -0.1) is 0 Å². The average Bonchev–Trinajstić information content (AvgIpc) is 3.05. The first-order chi connectivity index (χ1) is 9.95. The van der Waals surface area contributed by atoms with Crippen molar-refractivity contribution >= 4 is 15.9 Å². The number of urea groups is 1. The molecule has 1 aromatic rings. The van der Waals surface area contributed by atoms with Gasteiger partial charge >= 0.3 is 6.03 Å². The third kappa shape index (κ3) is 2.83. The van der Waals surface area contributed by atoms with Crippen molar-refractivity contribution in [2.24, 2.45) is 0 Å². The highest BCUT2D eigenvalue weighted by Gasteiger charge is 2.34. The molecule has 1 saturated heterocycles. The van der Waals surface area contributed by atoms with Gasteiger partial charge < -0.3 is 15.0 Å². The number of carbonyl (C=O) groups excluding carboxylic acids is 1. The lowest BCUT2D eigenvalue weighted by Gasteiger charge is -2.20. The van der Waals surface area contributed by atoms with Gasteiger partial charge in [0.05, 0.1) is 11.3 Å². The van der Waals surface area contributed by atoms with Gasteiger partial charge in [0.1, 0.15) is 12.4 Å². The molecule has 0 aliphatic carbocycles. The van der Waals surface area contributed by atoms with Crippen LogP contribution in [-0.4, -0.2) is 50.6 Å². The Labute approximate surface area is 124 Å². The number of ether oxygens (including phenoxy) is 1. The summed E-state index contributed by atoms with van der Waals surface area (Å²) in [4.78, 5) is 13.8. The topological polar surface area (TPSA) is 75.7 Å². The van der Waals surface area contributed by atoms with Crippen molar-refractivity contribution in [3.8, 4) is 5.75 Å². The molecule has 6 nitrogen and oxygen atoms in total. The fourth-order valence-corrected chi connectivity index (χ4v) is 3.77. The van der Waals surface area contributed by atoms with E-state index in [1.165, 1.54) is 6.26 Å². The maximum atomic E-state index is 12.2. The van der Waals surface area contributed by atoms with E-state index in [1.54, 1.807) is 4.90 Å². The molecule has 0 saturated carbocycles. The molecule has 2 aliphatic heterocycles. The molecule has 0 aromatic heterocycles. The number of nitrogens with one attached hydrogen (secondary N) is 1. The van der Waals surface area contributed by atoms with Crippen LogP contribution in [0.3, 0.4) is 0 Å². The van der Waals surface area contributed by atoms with Crippen LogP contribution in [0.15, 0.2) is 24.3 Å². The number of fused-ring (bicyclic) bond motifs is 1. The third-order valence-corrected chi connectivity index (χ3v) is 5.63. The average molecular weight is 310 g/mol. The molecule has 21 heavy (non-hydrogen) atoms. The Balaban J connectivity index is 1.64. The molecule has 2 atom stereocenters. The second-order valence-electron chi connectivity index (χ2n) is 5.54. The van der Waals surface area contributed by atoms with E-state index in [0.717, 1.165) is 11.3 Å². The maximum absolute atomic E-state index is 12.2. The lowest BCUT2D eigenvalue weighted by molar-refractivity contribution is 0.201. The molecule has 7 heteroatoms. The molecule has 114 valence electrons. The van der Waals surface area contributed by atoms with E-state index in [0.29, 0.717) is 19.6 Å². The van der Waals surface area contributed by atoms with Gasteiger partial charge in [0.25, 0.3) is 0 Å². The smallest absolute Gasteiger partial charge is 0.318 e. The summed E-state index contributed by atoms with van der Waals surface area (Å²) in [5.74, 6) is 0.790. The molecular weight excluding hydrogens is 292 g/mol. The van der Waals surface area contributed by atoms with Crippen LogP contribution in [-0.2, 0) is 9.84 Å². The number of benzene rings is 1. The highest BCUT2D eigenvalue weighted by atomic mass is 32.2. The first kappa shape index (κ1) is 14.2. The summed E-state index contributed by atoms with van der Waals surface area (Å²) in [7, 11) is -3.09. The van der Waals surface area contributed by atoms with E-state index in [2.05, 4.69) is 5.32 Å². The van der Waals surface area contributed by atoms with Crippen molar-refractivity contribution in [3.05, 3.63) is 29.8 Å². The Morgan fingerprint density at radius 2 is 2.14 bits per heavy atom. The van der Waals surface area contributed by atoms with Gasteiger partial charge in [-0.3, -0.25) is 0 Å². The van der Waals surface area contributed by atoms with Gasteiger partial charge in [-0.25, -0.2) is 13.2 Å². The molecule has 2 heterocycles. The Kier molecular flexibility index (Phi) is 3.52. The van der Waals surface area contributed by atoms with Crippen LogP contribution in [0.25, 0.3) is 0 Å². The van der Waals surface area contributed by atoms with Crippen molar-refractivity contribution in [1.82, 2.24) is 10.2 Å². The summed E-state index contributed by atoms with van der Waals surface area (Å²) in [6.45, 7) is 1.15. The summed E-state index contributed by atoms with van der Waals surface area (Å²) in [6, 6.07) is 7.19. The Morgan fingerprint density at radius 3 is 2.86 bits per heavy atom. The number of carbonyl (C=O) groups is 1. The Hall–Kier alpha value is -1.76. The fraction of sp³-hybridized carbons (Fsp3) is 0.500. The number of rotatable bonds is 2. The number of nitrogens with zero attached hydrogens (tertiary/aromatic N) is 1. The van der Waals surface area contributed by atoms with Crippen LogP contribution in [0.4, 0.5) is 4.79 Å². The molecule has 2 aliphatic rings. The molecule has 1 aromatic carbocycles. The quantitative estimate of drug-likeness (QED) is 0.882. The van der Waals surface area contributed by atoms with Crippen molar-refractivity contribution in [2.45, 2.75) is 17.7 Å². The molecule has 3 rings (SSSR count). The maximum Gasteiger partial charge on any atom is 0.318 e. The minimum Gasteiger partial charge on any atom is -0.491 e. The van der Waals surface area contributed by atoms with Crippen molar-refractivity contribution in [2.75, 3.05) is 26.0 Å². The van der Waals surface area contributed by atoms with E-state index in [-0.39, 0.29) is 18.6 Å². The summed E-state index contributed by atoms with van der Waals surface area (Å²) in [5, 5.41) is 2.47. The number of amides is 2. The van der Waals surface area contributed by atoms with Crippen molar-refractivity contribution in [1.29, 1.82) is 0 Å². The van der Waals surface area contributed by atoms with Crippen LogP contribution in [0.2, 0.25) is 0 Å². The number of hydrogen-bond acceptors (Lipinski definition) is 4. The van der Waals surface area contributed by atoms with Crippen LogP contribution >= 0.6 is 0 Å². The first-order valence-electron chi connectivity index (χ1n) is 6.91. The summed E-state index contributed by atoms with van der Waals surface area (Å²) in [6.07, 6.45) is 1.73. The van der Waals surface area contributed by atoms with Gasteiger partial charge in [-0.1, -0.05) is 18.2 Å². The molecule has 0 radical (unpaired) electrons. The van der Waals surface area contributed by atoms with Gasteiger partial charge in [-0.05, 0) is 12.5 Å². The fourth-order valence-electron chi connectivity index (χ4n) is 2.78. The van der Waals surface area contributed by atoms with E-state index in [1.807, 2.05) is 24.3 Å². The lowest BCUT2D eigenvalue weighted by atomic mass is 10.1. The zero-order chi connectivity index (χ0) is 15.0. The zero-order valence-corrected chi connectivity index (χ0v) is 12.6. The van der Waals surface area contributed by atoms with E-state index < -0.39 is 15.1 Å². The minimum absolute atomic E-state index is 0.175. The third-order valence-electron chi connectivity index (χ3n) is 4.04. The standard InChI is InChI=1S/C14H18N2O4S/c1-21(18,19)10-6-7-16(8-10)14(17)15-12-9-20-13-5-3-2-4-11(12)13/h2-5,10,12H,6-9H2,1H3,(H,15,17)/t10-,12-/m0/s1. The first-order valence-corrected chi connectivity index (χ1v) is 8.86. The summed E-state index contributed by atoms with van der Waals surface area (Å²) >= 11 is 0. The minimum atomic E-state index is -3.09. The van der Waals surface area contributed by atoms with Gasteiger partial charge in [0, 0.05) is 24.9 Å². The SMILES string of the molecule is CS(=O)(=O)[C@H]1CCN(C(=O)N[C@H]2COc3ccccc32)C1. The second kappa shape index (κ2) is 5.22. The largest absolute Gasteiger partial charge is 0.491 e. The predicted octanol–water partition coefficient (Wildman–Crippen LogP) is 0.949. The molecule has 2 amide bonds. The highest BCUT2D eigenvalue weighted by Crippen LogP contribution is 2.31. The molecule has 0 spiro atoms. The predicted molar refractivity (Wildman–Crippen MR) is 78.0 cm³/mol. The van der Waals surface area contributed by atoms with Crippen LogP contribution < -0.4 is 10.1 Å². The van der Waals surface area contributed by atoms with Gasteiger partial charge in [0.15, 0.2) is 9.84 Å². The number of hydrogen-bond donors (Lipinski definition) is 1. The van der Waals surface area contributed by atoms with Crippen molar-refractivity contribution in [3.63, 3.8) is 0 Å². The highest BCUT2D eigenvalue weighted by molar-refractivity contribution is 7.91. The van der Waals surface area contributed by atoms with Crippen molar-refractivity contribution < 1.29 is 17.9 Å². The second-order valence-corrected chi connectivity index (χ2v) is 7.86. The number of sulfone groups is 1. The number of para-hydroxylation sites is 1.